The Kier molecular flexibility index (Phi) is 8.30. The second kappa shape index (κ2) is 11.0. The standard InChI is InChI=1S/C25H32ClN3O4/c1-4-28(15-22(30)27-14-17-9-11-18(26)12-10-17)25(33)21(13-16(2)3)29-23(31)19-7-5-6-8-20(19)24(29)32/h5-6,9-12,16,19-21H,4,7-8,13-15H2,1-3H3,(H,27,30). The molecule has 8 heteroatoms. The van der Waals surface area contributed by atoms with E-state index in [1.54, 1.807) is 19.1 Å². The lowest BCUT2D eigenvalue weighted by Crippen LogP contribution is -2.53. The van der Waals surface area contributed by atoms with Crippen LogP contribution in [0.1, 0.15) is 45.6 Å². The minimum atomic E-state index is -0.889. The summed E-state index contributed by atoms with van der Waals surface area (Å²) in [6, 6.07) is 6.25. The number of imide groups is 1. The molecule has 0 radical (unpaired) electrons. The van der Waals surface area contributed by atoms with Gasteiger partial charge < -0.3 is 10.2 Å². The van der Waals surface area contributed by atoms with Crippen molar-refractivity contribution in [2.24, 2.45) is 17.8 Å². The monoisotopic (exact) mass is 473 g/mol. The smallest absolute Gasteiger partial charge is 0.246 e. The molecule has 0 bridgehead atoms. The highest BCUT2D eigenvalue weighted by Crippen LogP contribution is 2.37. The molecule has 1 aromatic rings. The molecule has 1 fully saturated rings. The van der Waals surface area contributed by atoms with Crippen molar-refractivity contribution in [1.82, 2.24) is 15.1 Å². The van der Waals surface area contributed by atoms with Crippen LogP contribution >= 0.6 is 11.6 Å². The van der Waals surface area contributed by atoms with Crippen LogP contribution in [0.2, 0.25) is 5.02 Å². The number of likely N-dealkylation sites (tertiary alicyclic amines) is 1. The van der Waals surface area contributed by atoms with Crippen molar-refractivity contribution in [3.63, 3.8) is 0 Å². The van der Waals surface area contributed by atoms with E-state index in [2.05, 4.69) is 5.32 Å². The normalized spacial score (nSPS) is 20.7. The van der Waals surface area contributed by atoms with E-state index >= 15 is 0 Å². The lowest BCUT2D eigenvalue weighted by molar-refractivity contribution is -0.152. The zero-order chi connectivity index (χ0) is 24.1. The molecule has 1 aliphatic heterocycles. The van der Waals surface area contributed by atoms with Crippen LogP contribution in [0.25, 0.3) is 0 Å². The number of carbonyl (C=O) groups excluding carboxylic acids is 4. The Labute approximate surface area is 200 Å². The average molecular weight is 474 g/mol. The van der Waals surface area contributed by atoms with Crippen molar-refractivity contribution in [3.8, 4) is 0 Å². The Balaban J connectivity index is 1.70. The Morgan fingerprint density at radius 3 is 2.18 bits per heavy atom. The Morgan fingerprint density at radius 2 is 1.67 bits per heavy atom. The first kappa shape index (κ1) is 25.0. The average Bonchev–Trinajstić information content (AvgIpc) is 3.05. The molecule has 2 aliphatic rings. The molecule has 1 aliphatic carbocycles. The summed E-state index contributed by atoms with van der Waals surface area (Å²) in [5.41, 5.74) is 0.893. The molecule has 0 aromatic heterocycles. The van der Waals surface area contributed by atoms with Crippen LogP contribution in [0, 0.1) is 17.8 Å². The molecule has 0 saturated carbocycles. The topological polar surface area (TPSA) is 86.8 Å². The number of likely N-dealkylation sites (N-methyl/N-ethyl adjacent to an activating group) is 1. The summed E-state index contributed by atoms with van der Waals surface area (Å²) in [4.78, 5) is 54.9. The third kappa shape index (κ3) is 5.82. The molecule has 1 aromatic carbocycles. The maximum Gasteiger partial charge on any atom is 0.246 e. The van der Waals surface area contributed by atoms with Gasteiger partial charge in [-0.05, 0) is 49.8 Å². The minimum Gasteiger partial charge on any atom is -0.350 e. The van der Waals surface area contributed by atoms with Gasteiger partial charge >= 0.3 is 0 Å². The maximum absolute atomic E-state index is 13.5. The fourth-order valence-electron chi connectivity index (χ4n) is 4.48. The number of halogens is 1. The van der Waals surface area contributed by atoms with Crippen molar-refractivity contribution < 1.29 is 19.2 Å². The number of carbonyl (C=O) groups is 4. The number of hydrogen-bond donors (Lipinski definition) is 1. The van der Waals surface area contributed by atoms with Gasteiger partial charge in [-0.2, -0.15) is 0 Å². The third-order valence-electron chi connectivity index (χ3n) is 6.26. The minimum absolute atomic E-state index is 0.0951. The molecule has 3 atom stereocenters. The second-order valence-corrected chi connectivity index (χ2v) is 9.54. The predicted molar refractivity (Wildman–Crippen MR) is 126 cm³/mol. The first-order valence-corrected chi connectivity index (χ1v) is 11.9. The van der Waals surface area contributed by atoms with E-state index < -0.39 is 6.04 Å². The van der Waals surface area contributed by atoms with Crippen molar-refractivity contribution in [2.45, 2.75) is 52.6 Å². The molecular formula is C25H32ClN3O4. The Bertz CT molecular complexity index is 902. The maximum atomic E-state index is 13.5. The first-order valence-electron chi connectivity index (χ1n) is 11.5. The van der Waals surface area contributed by atoms with Gasteiger partial charge in [-0.15, -0.1) is 0 Å². The lowest BCUT2D eigenvalue weighted by Gasteiger charge is -2.32. The number of amides is 4. The highest BCUT2D eigenvalue weighted by Gasteiger charge is 2.51. The number of nitrogens with one attached hydrogen (secondary N) is 1. The van der Waals surface area contributed by atoms with Gasteiger partial charge in [0.15, 0.2) is 0 Å². The van der Waals surface area contributed by atoms with E-state index in [0.29, 0.717) is 37.4 Å². The summed E-state index contributed by atoms with van der Waals surface area (Å²) < 4.78 is 0. The molecule has 33 heavy (non-hydrogen) atoms. The molecule has 1 N–H and O–H groups in total. The SMILES string of the molecule is CCN(CC(=O)NCc1ccc(Cl)cc1)C(=O)C(CC(C)C)N1C(=O)C2CC=CCC2C1=O. The number of hydrogen-bond acceptors (Lipinski definition) is 4. The fourth-order valence-corrected chi connectivity index (χ4v) is 4.61. The molecule has 3 rings (SSSR count). The molecule has 1 heterocycles. The fraction of sp³-hybridized carbons (Fsp3) is 0.520. The Morgan fingerprint density at radius 1 is 1.09 bits per heavy atom. The van der Waals surface area contributed by atoms with Gasteiger partial charge in [0, 0.05) is 18.1 Å². The van der Waals surface area contributed by atoms with Crippen molar-refractivity contribution in [2.75, 3.05) is 13.1 Å². The van der Waals surface area contributed by atoms with Gasteiger partial charge in [0.25, 0.3) is 0 Å². The van der Waals surface area contributed by atoms with Gasteiger partial charge in [-0.3, -0.25) is 24.1 Å². The zero-order valence-electron chi connectivity index (χ0n) is 19.4. The van der Waals surface area contributed by atoms with Crippen molar-refractivity contribution in [3.05, 3.63) is 47.0 Å². The van der Waals surface area contributed by atoms with E-state index in [9.17, 15) is 19.2 Å². The van der Waals surface area contributed by atoms with Gasteiger partial charge in [0.2, 0.25) is 23.6 Å². The van der Waals surface area contributed by atoms with E-state index in [1.807, 2.05) is 38.1 Å². The first-order chi connectivity index (χ1) is 15.7. The molecule has 0 spiro atoms. The van der Waals surface area contributed by atoms with Crippen LogP contribution in [0.15, 0.2) is 36.4 Å². The van der Waals surface area contributed by atoms with Crippen molar-refractivity contribution >= 4 is 35.2 Å². The second-order valence-electron chi connectivity index (χ2n) is 9.10. The number of nitrogens with zero attached hydrogens (tertiary/aromatic N) is 2. The van der Waals surface area contributed by atoms with Gasteiger partial charge in [-0.25, -0.2) is 0 Å². The van der Waals surface area contributed by atoms with Crippen LogP contribution in [0.3, 0.4) is 0 Å². The molecule has 1 saturated heterocycles. The molecular weight excluding hydrogens is 442 g/mol. The van der Waals surface area contributed by atoms with Gasteiger partial charge in [0.1, 0.15) is 6.04 Å². The number of fused-ring (bicyclic) bond motifs is 1. The lowest BCUT2D eigenvalue weighted by atomic mass is 9.85. The largest absolute Gasteiger partial charge is 0.350 e. The summed E-state index contributed by atoms with van der Waals surface area (Å²) in [6.07, 6.45) is 5.28. The van der Waals surface area contributed by atoms with Crippen LogP contribution in [-0.4, -0.2) is 52.6 Å². The van der Waals surface area contributed by atoms with Crippen LogP contribution in [0.4, 0.5) is 0 Å². The van der Waals surface area contributed by atoms with Crippen LogP contribution in [0.5, 0.6) is 0 Å². The van der Waals surface area contributed by atoms with E-state index in [1.165, 1.54) is 9.80 Å². The zero-order valence-corrected chi connectivity index (χ0v) is 20.2. The highest BCUT2D eigenvalue weighted by atomic mass is 35.5. The summed E-state index contributed by atoms with van der Waals surface area (Å²) in [6.45, 7) is 6.17. The number of benzene rings is 1. The third-order valence-corrected chi connectivity index (χ3v) is 6.52. The summed E-state index contributed by atoms with van der Waals surface area (Å²) in [5.74, 6) is -1.88. The van der Waals surface area contributed by atoms with Crippen molar-refractivity contribution in [1.29, 1.82) is 0 Å². The van der Waals surface area contributed by atoms with E-state index in [0.717, 1.165) is 5.56 Å². The predicted octanol–water partition coefficient (Wildman–Crippen LogP) is 3.17. The van der Waals surface area contributed by atoms with Gasteiger partial charge in [-0.1, -0.05) is 49.7 Å². The molecule has 3 unspecified atom stereocenters. The Hall–Kier alpha value is -2.67. The molecule has 7 nitrogen and oxygen atoms in total. The highest BCUT2D eigenvalue weighted by molar-refractivity contribution is 6.30. The molecule has 178 valence electrons. The van der Waals surface area contributed by atoms with E-state index in [-0.39, 0.29) is 47.9 Å². The molecule has 4 amide bonds. The number of rotatable bonds is 9. The van der Waals surface area contributed by atoms with E-state index in [4.69, 9.17) is 11.6 Å². The summed E-state index contributed by atoms with van der Waals surface area (Å²) >= 11 is 5.89. The van der Waals surface area contributed by atoms with Gasteiger partial charge in [0.05, 0.1) is 18.4 Å². The number of allylic oxidation sites excluding steroid dienone is 2. The van der Waals surface area contributed by atoms with Crippen LogP contribution in [-0.2, 0) is 25.7 Å². The quantitative estimate of drug-likeness (QED) is 0.441. The summed E-state index contributed by atoms with van der Waals surface area (Å²) in [5, 5.41) is 3.43. The summed E-state index contributed by atoms with van der Waals surface area (Å²) in [7, 11) is 0. The van der Waals surface area contributed by atoms with Crippen LogP contribution < -0.4 is 5.32 Å².